The summed E-state index contributed by atoms with van der Waals surface area (Å²) in [5.74, 6) is 0.562. The molecule has 0 atom stereocenters. The quantitative estimate of drug-likeness (QED) is 0.566. The maximum absolute atomic E-state index is 9.59. The van der Waals surface area contributed by atoms with E-state index in [2.05, 4.69) is 52.6 Å². The molecule has 2 aliphatic carbocycles. The van der Waals surface area contributed by atoms with Gasteiger partial charge >= 0.3 is 5.97 Å². The van der Waals surface area contributed by atoms with E-state index in [4.69, 9.17) is 0 Å². The second-order valence-corrected chi connectivity index (χ2v) is 7.51. The zero-order valence-electron chi connectivity index (χ0n) is 18.6. The fraction of sp³-hybridized carbons (Fsp3) is 0.500. The largest absolute Gasteiger partial charge is 0.469 e. The number of rotatable bonds is 2. The summed E-state index contributed by atoms with van der Waals surface area (Å²) in [6.45, 7) is 6.45. The van der Waals surface area contributed by atoms with Crippen molar-refractivity contribution in [3.8, 4) is 0 Å². The highest BCUT2D eigenvalue weighted by Crippen LogP contribution is 2.33. The van der Waals surface area contributed by atoms with Gasteiger partial charge in [0.2, 0.25) is 0 Å². The highest BCUT2D eigenvalue weighted by Gasteiger charge is 2.17. The molecule has 0 radical (unpaired) electrons. The molecule has 1 aromatic carbocycles. The van der Waals surface area contributed by atoms with E-state index in [1.165, 1.54) is 68.5 Å². The van der Waals surface area contributed by atoms with Gasteiger partial charge in [-0.3, -0.25) is 4.79 Å². The van der Waals surface area contributed by atoms with Crippen molar-refractivity contribution in [2.45, 2.75) is 65.7 Å². The number of anilines is 1. The molecule has 3 heteroatoms. The fourth-order valence-corrected chi connectivity index (χ4v) is 4.08. The van der Waals surface area contributed by atoms with Gasteiger partial charge in [-0.05, 0) is 66.0 Å². The number of hydrogen-bond acceptors (Lipinski definition) is 3. The third-order valence-electron chi connectivity index (χ3n) is 5.66. The van der Waals surface area contributed by atoms with Crippen LogP contribution in [0.2, 0.25) is 0 Å². The molecule has 1 heterocycles. The van der Waals surface area contributed by atoms with Gasteiger partial charge in [0.15, 0.2) is 0 Å². The van der Waals surface area contributed by atoms with Crippen molar-refractivity contribution in [3.05, 3.63) is 59.2 Å². The van der Waals surface area contributed by atoms with Crippen molar-refractivity contribution in [1.82, 2.24) is 0 Å². The van der Waals surface area contributed by atoms with Gasteiger partial charge in [0.05, 0.1) is 7.11 Å². The molecule has 3 nitrogen and oxygen atoms in total. The van der Waals surface area contributed by atoms with Crippen molar-refractivity contribution < 1.29 is 9.53 Å². The second-order valence-electron chi connectivity index (χ2n) is 7.51. The minimum atomic E-state index is -0.245. The van der Waals surface area contributed by atoms with Crippen LogP contribution in [0.5, 0.6) is 0 Å². The van der Waals surface area contributed by atoms with Gasteiger partial charge < -0.3 is 10.1 Å². The minimum absolute atomic E-state index is 0.245. The third-order valence-corrected chi connectivity index (χ3v) is 5.66. The number of esters is 1. The van der Waals surface area contributed by atoms with Crippen molar-refractivity contribution in [2.24, 2.45) is 5.92 Å². The van der Waals surface area contributed by atoms with Crippen LogP contribution >= 0.6 is 0 Å². The molecule has 29 heavy (non-hydrogen) atoms. The molecule has 3 aliphatic rings. The molecule has 1 saturated carbocycles. The van der Waals surface area contributed by atoms with Crippen LogP contribution in [0.25, 0.3) is 5.57 Å². The lowest BCUT2D eigenvalue weighted by Crippen LogP contribution is -2.07. The third kappa shape index (κ3) is 6.92. The van der Waals surface area contributed by atoms with Gasteiger partial charge in [-0.1, -0.05) is 63.5 Å². The van der Waals surface area contributed by atoms with Gasteiger partial charge in [0, 0.05) is 19.2 Å². The normalized spacial score (nSPS) is 17.8. The molecule has 1 aliphatic heterocycles. The maximum atomic E-state index is 9.59. The van der Waals surface area contributed by atoms with Gasteiger partial charge in [-0.2, -0.15) is 0 Å². The Hall–Kier alpha value is -2.29. The summed E-state index contributed by atoms with van der Waals surface area (Å²) >= 11 is 0. The predicted octanol–water partition coefficient (Wildman–Crippen LogP) is 6.71. The molecule has 1 aromatic rings. The average Bonchev–Trinajstić information content (AvgIpc) is 3.11. The number of carbonyl (C=O) groups excluding carboxylic acids is 1. The Morgan fingerprint density at radius 3 is 2.48 bits per heavy atom. The van der Waals surface area contributed by atoms with Crippen molar-refractivity contribution >= 4 is 17.2 Å². The lowest BCUT2D eigenvalue weighted by atomic mass is 9.83. The molecule has 0 aromatic heterocycles. The summed E-state index contributed by atoms with van der Waals surface area (Å²) in [5, 5.41) is 3.44. The summed E-state index contributed by atoms with van der Waals surface area (Å²) in [5.41, 5.74) is 7.13. The number of allylic oxidation sites excluding steroid dienone is 6. The Bertz CT molecular complexity index is 752. The summed E-state index contributed by atoms with van der Waals surface area (Å²) in [6.07, 6.45) is 18.8. The Balaban J connectivity index is 0.000000378. The molecule has 0 saturated heterocycles. The van der Waals surface area contributed by atoms with Crippen molar-refractivity contribution in [2.75, 3.05) is 19.0 Å². The molecule has 4 rings (SSSR count). The number of carbonyl (C=O) groups is 1. The van der Waals surface area contributed by atoms with Crippen LogP contribution < -0.4 is 5.32 Å². The Morgan fingerprint density at radius 2 is 1.79 bits per heavy atom. The number of fused-ring (bicyclic) bond motifs is 1. The zero-order valence-corrected chi connectivity index (χ0v) is 18.6. The van der Waals surface area contributed by atoms with Crippen LogP contribution in [0.3, 0.4) is 0 Å². The van der Waals surface area contributed by atoms with E-state index in [1.807, 2.05) is 13.8 Å². The monoisotopic (exact) mass is 395 g/mol. The van der Waals surface area contributed by atoms with Crippen molar-refractivity contribution in [1.29, 1.82) is 0 Å². The maximum Gasteiger partial charge on any atom is 0.302 e. The van der Waals surface area contributed by atoms with Gasteiger partial charge in [-0.25, -0.2) is 0 Å². The Morgan fingerprint density at radius 1 is 1.07 bits per heavy atom. The zero-order chi connectivity index (χ0) is 21.1. The molecule has 0 amide bonds. The first-order valence-electron chi connectivity index (χ1n) is 11.2. The first-order valence-corrected chi connectivity index (χ1v) is 11.2. The summed E-state index contributed by atoms with van der Waals surface area (Å²) in [7, 11) is 1.35. The second kappa shape index (κ2) is 12.3. The fourth-order valence-electron chi connectivity index (χ4n) is 4.08. The summed E-state index contributed by atoms with van der Waals surface area (Å²) < 4.78 is 4.11. The number of nitrogens with one attached hydrogen (secondary N) is 1. The number of benzene rings is 1. The SMILES string of the molecule is C1=CC(C2CCCCC2)=CCC=C1c1ccc2c(c1)CCN2.CC.COC(C)=O. The molecule has 158 valence electrons. The highest BCUT2D eigenvalue weighted by atomic mass is 16.5. The van der Waals surface area contributed by atoms with E-state index >= 15 is 0 Å². The number of ether oxygens (including phenoxy) is 1. The topological polar surface area (TPSA) is 38.3 Å². The van der Waals surface area contributed by atoms with Crippen LogP contribution in [-0.4, -0.2) is 19.6 Å². The van der Waals surface area contributed by atoms with E-state index < -0.39 is 0 Å². The van der Waals surface area contributed by atoms with Crippen LogP contribution in [-0.2, 0) is 16.0 Å². The lowest BCUT2D eigenvalue weighted by molar-refractivity contribution is -0.137. The van der Waals surface area contributed by atoms with Gasteiger partial charge in [-0.15, -0.1) is 0 Å². The molecule has 0 bridgehead atoms. The number of hydrogen-bond donors (Lipinski definition) is 1. The minimum Gasteiger partial charge on any atom is -0.469 e. The molecular formula is C26H37NO2. The van der Waals surface area contributed by atoms with Crippen LogP contribution in [0, 0.1) is 5.92 Å². The Kier molecular flexibility index (Phi) is 9.76. The van der Waals surface area contributed by atoms with E-state index in [-0.39, 0.29) is 5.97 Å². The van der Waals surface area contributed by atoms with Gasteiger partial charge in [0.25, 0.3) is 0 Å². The van der Waals surface area contributed by atoms with E-state index in [0.29, 0.717) is 0 Å². The summed E-state index contributed by atoms with van der Waals surface area (Å²) in [6, 6.07) is 6.88. The summed E-state index contributed by atoms with van der Waals surface area (Å²) in [4.78, 5) is 9.59. The molecule has 1 N–H and O–H groups in total. The van der Waals surface area contributed by atoms with Crippen LogP contribution in [0.1, 0.15) is 70.4 Å². The molecule has 0 unspecified atom stereocenters. The van der Waals surface area contributed by atoms with E-state index in [0.717, 1.165) is 25.3 Å². The lowest BCUT2D eigenvalue weighted by Gasteiger charge is -2.22. The van der Waals surface area contributed by atoms with Crippen LogP contribution in [0.15, 0.2) is 48.1 Å². The van der Waals surface area contributed by atoms with Crippen LogP contribution in [0.4, 0.5) is 5.69 Å². The Labute approximate surface area is 176 Å². The average molecular weight is 396 g/mol. The van der Waals surface area contributed by atoms with Gasteiger partial charge in [0.1, 0.15) is 0 Å². The van der Waals surface area contributed by atoms with E-state index in [9.17, 15) is 4.79 Å². The first-order chi connectivity index (χ1) is 14.2. The molecular weight excluding hydrogens is 358 g/mol. The highest BCUT2D eigenvalue weighted by molar-refractivity contribution is 5.77. The van der Waals surface area contributed by atoms with E-state index in [1.54, 1.807) is 5.57 Å². The molecule has 1 fully saturated rings. The smallest absolute Gasteiger partial charge is 0.302 e. The standard InChI is InChI=1S/C21H25N.C3H6O2.C2H6/c1-2-5-16(6-3-1)17-7-4-8-18(10-9-17)19-11-12-21-20(15-19)13-14-22-21;1-3(4)5-2;1-2/h7-12,15-16,22H,1-6,13-14H2;1-2H3;1-2H3. The predicted molar refractivity (Wildman–Crippen MR) is 124 cm³/mol. The number of methoxy groups -OCH3 is 1. The first kappa shape index (κ1) is 23.0. The molecule has 0 spiro atoms. The van der Waals surface area contributed by atoms with Crippen molar-refractivity contribution in [3.63, 3.8) is 0 Å².